The Hall–Kier alpha value is -2.09. The predicted octanol–water partition coefficient (Wildman–Crippen LogP) is 5.97. The minimum absolute atomic E-state index is 0.0175. The van der Waals surface area contributed by atoms with Gasteiger partial charge < -0.3 is 5.73 Å². The Labute approximate surface area is 199 Å². The molecular weight excluding hydrogens is 501 g/mol. The molecule has 31 heavy (non-hydrogen) atoms. The molecule has 3 amide bonds. The van der Waals surface area contributed by atoms with Gasteiger partial charge in [-0.2, -0.15) is 0 Å². The number of urea groups is 1. The van der Waals surface area contributed by atoms with E-state index in [2.05, 4.69) is 47.7 Å². The summed E-state index contributed by atoms with van der Waals surface area (Å²) in [6.45, 7) is 5.00. The van der Waals surface area contributed by atoms with Gasteiger partial charge in [-0.15, -0.1) is 0 Å². The third-order valence-corrected chi connectivity index (χ3v) is 7.86. The lowest BCUT2D eigenvalue weighted by Gasteiger charge is -2.48. The van der Waals surface area contributed by atoms with Crippen LogP contribution in [0.3, 0.4) is 0 Å². The van der Waals surface area contributed by atoms with Crippen molar-refractivity contribution in [1.82, 2.24) is 3.53 Å². The number of amides is 3. The number of anilines is 1. The topological polar surface area (TPSA) is 75.4 Å². The molecule has 5 nitrogen and oxygen atoms in total. The summed E-state index contributed by atoms with van der Waals surface area (Å²) in [5, 5.41) is 0. The van der Waals surface area contributed by atoms with E-state index in [1.165, 1.54) is 5.56 Å². The lowest BCUT2D eigenvalue weighted by Crippen LogP contribution is -2.48. The highest BCUT2D eigenvalue weighted by Crippen LogP contribution is 2.50. The molecule has 166 valence electrons. The summed E-state index contributed by atoms with van der Waals surface area (Å²) >= 11 is 1.82. The molecule has 1 aliphatic rings. The van der Waals surface area contributed by atoms with E-state index in [1.54, 1.807) is 23.1 Å². The van der Waals surface area contributed by atoms with Crippen LogP contribution in [0.4, 0.5) is 10.5 Å². The standard InChI is InChI=1S/C25H32IN3O2/c1-3-24(14-16-25(4-2,17-15-24)19-10-6-5-7-11-19)18-29(23(27)31)21-13-9-8-12-20(21)22(30)28-26/h5-13H,3-4,14-18H2,1-2H3,(H2,27,31)(H,28,30)/t24-,25+. The van der Waals surface area contributed by atoms with Gasteiger partial charge in [0.2, 0.25) is 0 Å². The van der Waals surface area contributed by atoms with Gasteiger partial charge in [0.15, 0.2) is 0 Å². The van der Waals surface area contributed by atoms with Gasteiger partial charge in [-0.05, 0) is 67.1 Å². The fourth-order valence-electron chi connectivity index (χ4n) is 5.09. The smallest absolute Gasteiger partial charge is 0.319 e. The van der Waals surface area contributed by atoms with Crippen molar-refractivity contribution < 1.29 is 9.59 Å². The van der Waals surface area contributed by atoms with Gasteiger partial charge >= 0.3 is 6.03 Å². The molecule has 0 radical (unpaired) electrons. The Balaban J connectivity index is 1.88. The average molecular weight is 533 g/mol. The quantitative estimate of drug-likeness (QED) is 0.340. The van der Waals surface area contributed by atoms with Crippen molar-refractivity contribution in [3.05, 3.63) is 65.7 Å². The number of benzene rings is 2. The zero-order valence-corrected chi connectivity index (χ0v) is 20.5. The molecule has 0 heterocycles. The van der Waals surface area contributed by atoms with Crippen LogP contribution in [0.2, 0.25) is 0 Å². The van der Waals surface area contributed by atoms with E-state index in [9.17, 15) is 9.59 Å². The number of nitrogens with zero attached hydrogens (tertiary/aromatic N) is 1. The first kappa shape index (κ1) is 23.6. The highest BCUT2D eigenvalue weighted by Gasteiger charge is 2.43. The number of hydrogen-bond donors (Lipinski definition) is 2. The van der Waals surface area contributed by atoms with E-state index in [1.807, 2.05) is 28.9 Å². The molecule has 0 atom stereocenters. The molecule has 0 unspecified atom stereocenters. The number of rotatable bonds is 7. The Morgan fingerprint density at radius 2 is 1.58 bits per heavy atom. The molecular formula is C25H32IN3O2. The van der Waals surface area contributed by atoms with Crippen LogP contribution in [0.25, 0.3) is 0 Å². The van der Waals surface area contributed by atoms with Crippen LogP contribution in [0, 0.1) is 5.41 Å². The Kier molecular flexibility index (Phi) is 7.62. The zero-order chi connectivity index (χ0) is 22.5. The molecule has 2 aromatic carbocycles. The molecule has 0 aromatic heterocycles. The molecule has 1 fully saturated rings. The summed E-state index contributed by atoms with van der Waals surface area (Å²) in [6, 6.07) is 17.5. The maximum Gasteiger partial charge on any atom is 0.319 e. The number of nitrogens with one attached hydrogen (secondary N) is 1. The van der Waals surface area contributed by atoms with Crippen LogP contribution in [-0.2, 0) is 5.41 Å². The first-order valence-corrected chi connectivity index (χ1v) is 12.1. The minimum Gasteiger partial charge on any atom is -0.351 e. The van der Waals surface area contributed by atoms with Gasteiger partial charge in [-0.3, -0.25) is 13.2 Å². The van der Waals surface area contributed by atoms with Crippen LogP contribution in [0.5, 0.6) is 0 Å². The van der Waals surface area contributed by atoms with Crippen LogP contribution in [0.15, 0.2) is 54.6 Å². The van der Waals surface area contributed by atoms with Gasteiger partial charge in [-0.25, -0.2) is 4.79 Å². The van der Waals surface area contributed by atoms with Crippen molar-refractivity contribution in [2.45, 2.75) is 57.8 Å². The molecule has 0 spiro atoms. The minimum atomic E-state index is -0.517. The van der Waals surface area contributed by atoms with Crippen molar-refractivity contribution in [3.8, 4) is 0 Å². The Morgan fingerprint density at radius 3 is 2.13 bits per heavy atom. The van der Waals surface area contributed by atoms with E-state index >= 15 is 0 Å². The zero-order valence-electron chi connectivity index (χ0n) is 18.4. The van der Waals surface area contributed by atoms with Gasteiger partial charge in [-0.1, -0.05) is 56.3 Å². The fourth-order valence-corrected chi connectivity index (χ4v) is 5.38. The Morgan fingerprint density at radius 1 is 0.968 bits per heavy atom. The normalized spacial score (nSPS) is 23.2. The molecule has 3 N–H and O–H groups in total. The Bertz CT molecular complexity index is 908. The van der Waals surface area contributed by atoms with Crippen LogP contribution < -0.4 is 14.2 Å². The lowest BCUT2D eigenvalue weighted by molar-refractivity contribution is 0.0989. The predicted molar refractivity (Wildman–Crippen MR) is 134 cm³/mol. The fraction of sp³-hybridized carbons (Fsp3) is 0.440. The first-order valence-electron chi connectivity index (χ1n) is 11.0. The number of carbonyl (C=O) groups excluding carboxylic acids is 2. The van der Waals surface area contributed by atoms with Crippen molar-refractivity contribution in [3.63, 3.8) is 0 Å². The highest BCUT2D eigenvalue weighted by molar-refractivity contribution is 14.1. The molecule has 0 bridgehead atoms. The summed E-state index contributed by atoms with van der Waals surface area (Å²) in [6.07, 6.45) is 6.29. The van der Waals surface area contributed by atoms with E-state index in [-0.39, 0.29) is 16.7 Å². The molecule has 2 aromatic rings. The maximum atomic E-state index is 12.5. The monoisotopic (exact) mass is 533 g/mol. The van der Waals surface area contributed by atoms with E-state index in [0.717, 1.165) is 38.5 Å². The SMILES string of the molecule is CC[C@]1(CN(C(N)=O)c2ccccc2C(=O)NI)CC[C@@](CC)(c2ccccc2)CC1. The van der Waals surface area contributed by atoms with Gasteiger partial charge in [0.05, 0.1) is 34.1 Å². The van der Waals surface area contributed by atoms with Gasteiger partial charge in [0.25, 0.3) is 5.91 Å². The number of para-hydroxylation sites is 1. The molecule has 0 aliphatic heterocycles. The highest BCUT2D eigenvalue weighted by atomic mass is 127. The number of hydrogen-bond acceptors (Lipinski definition) is 2. The molecule has 1 saturated carbocycles. The third kappa shape index (κ3) is 4.89. The molecule has 6 heteroatoms. The van der Waals surface area contributed by atoms with Crippen molar-refractivity contribution in [2.24, 2.45) is 11.1 Å². The van der Waals surface area contributed by atoms with Gasteiger partial charge in [0, 0.05) is 6.54 Å². The molecule has 3 rings (SSSR count). The van der Waals surface area contributed by atoms with Crippen molar-refractivity contribution >= 4 is 40.5 Å². The number of nitrogens with two attached hydrogens (primary N) is 1. The van der Waals surface area contributed by atoms with Crippen LogP contribution in [0.1, 0.15) is 68.3 Å². The summed E-state index contributed by atoms with van der Waals surface area (Å²) in [5.41, 5.74) is 8.46. The van der Waals surface area contributed by atoms with Crippen LogP contribution >= 0.6 is 22.9 Å². The second-order valence-corrected chi connectivity index (χ2v) is 9.26. The number of primary amides is 1. The second kappa shape index (κ2) is 10.0. The molecule has 0 saturated heterocycles. The van der Waals surface area contributed by atoms with Crippen molar-refractivity contribution in [1.29, 1.82) is 0 Å². The van der Waals surface area contributed by atoms with E-state index in [0.29, 0.717) is 17.8 Å². The summed E-state index contributed by atoms with van der Waals surface area (Å²) < 4.78 is 2.63. The van der Waals surface area contributed by atoms with E-state index < -0.39 is 6.03 Å². The summed E-state index contributed by atoms with van der Waals surface area (Å²) in [5.74, 6) is -0.231. The molecule has 1 aliphatic carbocycles. The number of carbonyl (C=O) groups is 2. The van der Waals surface area contributed by atoms with Crippen LogP contribution in [-0.4, -0.2) is 18.5 Å². The average Bonchev–Trinajstić information content (AvgIpc) is 2.83. The largest absolute Gasteiger partial charge is 0.351 e. The van der Waals surface area contributed by atoms with Gasteiger partial charge in [0.1, 0.15) is 0 Å². The number of halogens is 1. The second-order valence-electron chi connectivity index (χ2n) is 8.72. The lowest BCUT2D eigenvalue weighted by atomic mass is 9.59. The maximum absolute atomic E-state index is 12.5. The van der Waals surface area contributed by atoms with Crippen molar-refractivity contribution in [2.75, 3.05) is 11.4 Å². The van der Waals surface area contributed by atoms with E-state index in [4.69, 9.17) is 5.73 Å². The summed E-state index contributed by atoms with van der Waals surface area (Å²) in [4.78, 5) is 26.5. The summed E-state index contributed by atoms with van der Waals surface area (Å²) in [7, 11) is 0. The third-order valence-electron chi connectivity index (χ3n) is 7.37. The first-order chi connectivity index (χ1) is 14.9.